The molecule has 2 fully saturated rings. The minimum Gasteiger partial charge on any atom is -0.375 e. The van der Waals surface area contributed by atoms with E-state index in [1.165, 1.54) is 12.8 Å². The summed E-state index contributed by atoms with van der Waals surface area (Å²) in [5.41, 5.74) is 2.13. The van der Waals surface area contributed by atoms with Crippen LogP contribution in [0.5, 0.6) is 0 Å². The molecule has 2 atom stereocenters. The Balaban J connectivity index is 1.48. The highest BCUT2D eigenvalue weighted by molar-refractivity contribution is 5.11. The van der Waals surface area contributed by atoms with E-state index < -0.39 is 0 Å². The van der Waals surface area contributed by atoms with E-state index in [0.717, 1.165) is 36.8 Å². The van der Waals surface area contributed by atoms with Gasteiger partial charge in [-0.05, 0) is 51.7 Å². The van der Waals surface area contributed by atoms with Gasteiger partial charge in [-0.2, -0.15) is 0 Å². The lowest BCUT2D eigenvalue weighted by molar-refractivity contribution is -0.106. The van der Waals surface area contributed by atoms with Crippen LogP contribution in [-0.2, 0) is 22.6 Å². The first-order chi connectivity index (χ1) is 10.2. The van der Waals surface area contributed by atoms with E-state index in [4.69, 9.17) is 9.47 Å². The molecule has 1 aliphatic carbocycles. The molecule has 116 valence electrons. The van der Waals surface area contributed by atoms with Gasteiger partial charge in [-0.3, -0.25) is 4.98 Å². The highest BCUT2D eigenvalue weighted by Crippen LogP contribution is 2.22. The Hall–Kier alpha value is -0.970. The van der Waals surface area contributed by atoms with Gasteiger partial charge in [0, 0.05) is 12.6 Å². The first kappa shape index (κ1) is 14.9. The molecule has 1 aromatic heterocycles. The molecular weight excluding hydrogens is 264 g/mol. The molecule has 4 heteroatoms. The van der Waals surface area contributed by atoms with Crippen LogP contribution in [0.1, 0.15) is 50.9 Å². The minimum absolute atomic E-state index is 0.291. The zero-order chi connectivity index (χ0) is 14.7. The van der Waals surface area contributed by atoms with E-state index in [0.29, 0.717) is 24.9 Å². The van der Waals surface area contributed by atoms with Crippen molar-refractivity contribution in [1.29, 1.82) is 0 Å². The molecule has 2 unspecified atom stereocenters. The van der Waals surface area contributed by atoms with Gasteiger partial charge >= 0.3 is 0 Å². The fraction of sp³-hybridized carbons (Fsp3) is 0.706. The summed E-state index contributed by atoms with van der Waals surface area (Å²) in [6, 6.07) is 6.92. The number of nitrogens with zero attached hydrogens (tertiary/aromatic N) is 1. The average Bonchev–Trinajstić information content (AvgIpc) is 3.27. The molecule has 1 saturated carbocycles. The fourth-order valence-corrected chi connectivity index (χ4v) is 2.93. The van der Waals surface area contributed by atoms with Crippen molar-refractivity contribution in [3.05, 3.63) is 29.6 Å². The van der Waals surface area contributed by atoms with E-state index in [9.17, 15) is 0 Å². The third kappa shape index (κ3) is 4.77. The Morgan fingerprint density at radius 2 is 1.90 bits per heavy atom. The normalized spacial score (nSPS) is 29.5. The van der Waals surface area contributed by atoms with Crippen molar-refractivity contribution in [2.24, 2.45) is 0 Å². The second-order valence-corrected chi connectivity index (χ2v) is 6.44. The summed E-state index contributed by atoms with van der Waals surface area (Å²) in [6.07, 6.45) is 5.45. The molecule has 0 amide bonds. The van der Waals surface area contributed by atoms with E-state index in [-0.39, 0.29) is 0 Å². The quantitative estimate of drug-likeness (QED) is 0.875. The average molecular weight is 290 g/mol. The van der Waals surface area contributed by atoms with Gasteiger partial charge in [0.25, 0.3) is 0 Å². The maximum Gasteiger partial charge on any atom is 0.0891 e. The summed E-state index contributed by atoms with van der Waals surface area (Å²) < 4.78 is 11.8. The lowest BCUT2D eigenvalue weighted by atomic mass is 10.0. The molecular formula is C17H26N2O2. The number of hydrogen-bond acceptors (Lipinski definition) is 4. The maximum atomic E-state index is 6.04. The predicted molar refractivity (Wildman–Crippen MR) is 81.9 cm³/mol. The Kier molecular flexibility index (Phi) is 4.88. The number of ether oxygens (including phenoxy) is 2. The monoisotopic (exact) mass is 290 g/mol. The molecule has 4 nitrogen and oxygen atoms in total. The smallest absolute Gasteiger partial charge is 0.0891 e. The zero-order valence-electron chi connectivity index (χ0n) is 13.0. The van der Waals surface area contributed by atoms with Gasteiger partial charge in [0.15, 0.2) is 0 Å². The van der Waals surface area contributed by atoms with E-state index >= 15 is 0 Å². The van der Waals surface area contributed by atoms with Crippen molar-refractivity contribution in [2.75, 3.05) is 0 Å². The Bertz CT molecular complexity index is 452. The van der Waals surface area contributed by atoms with Crippen molar-refractivity contribution in [2.45, 2.75) is 77.0 Å². The summed E-state index contributed by atoms with van der Waals surface area (Å²) in [4.78, 5) is 4.68. The molecule has 1 N–H and O–H groups in total. The second-order valence-electron chi connectivity index (χ2n) is 6.44. The number of nitrogens with one attached hydrogen (secondary N) is 1. The van der Waals surface area contributed by atoms with Crippen molar-refractivity contribution in [3.8, 4) is 0 Å². The summed E-state index contributed by atoms with van der Waals surface area (Å²) in [5.74, 6) is 0. The van der Waals surface area contributed by atoms with Crippen LogP contribution in [0.3, 0.4) is 0 Å². The minimum atomic E-state index is 0.291. The summed E-state index contributed by atoms with van der Waals surface area (Å²) in [5, 5.41) is 3.50. The van der Waals surface area contributed by atoms with E-state index in [2.05, 4.69) is 36.3 Å². The molecule has 0 radical (unpaired) electrons. The molecule has 2 aliphatic rings. The third-order valence-corrected chi connectivity index (χ3v) is 4.13. The fourth-order valence-electron chi connectivity index (χ4n) is 2.93. The van der Waals surface area contributed by atoms with Crippen molar-refractivity contribution >= 4 is 0 Å². The van der Waals surface area contributed by atoms with Gasteiger partial charge in [0.1, 0.15) is 0 Å². The number of hydrogen-bond donors (Lipinski definition) is 1. The van der Waals surface area contributed by atoms with Crippen LogP contribution >= 0.6 is 0 Å². The van der Waals surface area contributed by atoms with E-state index in [1.807, 2.05) is 6.07 Å². The molecule has 1 aromatic rings. The van der Waals surface area contributed by atoms with E-state index in [1.54, 1.807) is 0 Å². The summed E-state index contributed by atoms with van der Waals surface area (Å²) >= 11 is 0. The van der Waals surface area contributed by atoms with Crippen LogP contribution in [0.15, 0.2) is 18.2 Å². The molecule has 1 aliphatic heterocycles. The van der Waals surface area contributed by atoms with Gasteiger partial charge in [-0.25, -0.2) is 0 Å². The topological polar surface area (TPSA) is 43.4 Å². The third-order valence-electron chi connectivity index (χ3n) is 4.13. The highest BCUT2D eigenvalue weighted by atomic mass is 16.5. The lowest BCUT2D eigenvalue weighted by Crippen LogP contribution is -2.34. The van der Waals surface area contributed by atoms with Crippen LogP contribution < -0.4 is 5.32 Å². The molecule has 21 heavy (non-hydrogen) atoms. The first-order valence-electron chi connectivity index (χ1n) is 8.14. The number of pyridine rings is 1. The van der Waals surface area contributed by atoms with Gasteiger partial charge in [-0.1, -0.05) is 6.07 Å². The molecule has 0 bridgehead atoms. The van der Waals surface area contributed by atoms with Crippen LogP contribution in [-0.4, -0.2) is 29.3 Å². The largest absolute Gasteiger partial charge is 0.375 e. The number of rotatable bonds is 6. The van der Waals surface area contributed by atoms with Crippen LogP contribution in [0.2, 0.25) is 0 Å². The van der Waals surface area contributed by atoms with Gasteiger partial charge in [-0.15, -0.1) is 0 Å². The maximum absolute atomic E-state index is 6.04. The molecule has 0 aromatic carbocycles. The second kappa shape index (κ2) is 6.86. The van der Waals surface area contributed by atoms with Gasteiger partial charge < -0.3 is 14.8 Å². The van der Waals surface area contributed by atoms with Crippen LogP contribution in [0.4, 0.5) is 0 Å². The predicted octanol–water partition coefficient (Wildman–Crippen LogP) is 2.81. The first-order valence-corrected chi connectivity index (χ1v) is 8.14. The lowest BCUT2D eigenvalue weighted by Gasteiger charge is -2.31. The highest BCUT2D eigenvalue weighted by Gasteiger charge is 2.25. The zero-order valence-corrected chi connectivity index (χ0v) is 13.0. The Morgan fingerprint density at radius 1 is 1.19 bits per heavy atom. The van der Waals surface area contributed by atoms with Crippen molar-refractivity contribution < 1.29 is 9.47 Å². The van der Waals surface area contributed by atoms with Gasteiger partial charge in [0.05, 0.1) is 36.3 Å². The molecule has 3 rings (SSSR count). The van der Waals surface area contributed by atoms with Crippen molar-refractivity contribution in [3.63, 3.8) is 0 Å². The standard InChI is InChI=1S/C17H26N2O2/c1-12-8-17(9-13(2)21-12)20-11-16-5-3-4-15(19-16)10-18-14-6-7-14/h3-5,12-14,17-18H,6-11H2,1-2H3. The number of aromatic nitrogens is 1. The van der Waals surface area contributed by atoms with Crippen LogP contribution in [0, 0.1) is 0 Å². The van der Waals surface area contributed by atoms with Crippen LogP contribution in [0.25, 0.3) is 0 Å². The Morgan fingerprint density at radius 3 is 2.62 bits per heavy atom. The van der Waals surface area contributed by atoms with Gasteiger partial charge in [0.2, 0.25) is 0 Å². The molecule has 1 saturated heterocycles. The SMILES string of the molecule is CC1CC(OCc2cccc(CNC3CC3)n2)CC(C)O1. The molecule has 0 spiro atoms. The summed E-state index contributed by atoms with van der Waals surface area (Å²) in [6.45, 7) is 5.70. The van der Waals surface area contributed by atoms with Crippen molar-refractivity contribution in [1.82, 2.24) is 10.3 Å². The summed E-state index contributed by atoms with van der Waals surface area (Å²) in [7, 11) is 0. The Labute approximate surface area is 127 Å². The molecule has 2 heterocycles.